The second-order valence-corrected chi connectivity index (χ2v) is 5.89. The van der Waals surface area contributed by atoms with Crippen LogP contribution in [0.2, 0.25) is 0 Å². The summed E-state index contributed by atoms with van der Waals surface area (Å²) in [6, 6.07) is 11.0. The number of amidine groups is 1. The molecule has 0 saturated carbocycles. The van der Waals surface area contributed by atoms with Crippen molar-refractivity contribution in [3.8, 4) is 5.75 Å². The van der Waals surface area contributed by atoms with E-state index >= 15 is 0 Å². The number of hydrogen-bond donors (Lipinski definition) is 5. The van der Waals surface area contributed by atoms with E-state index in [9.17, 15) is 19.5 Å². The van der Waals surface area contributed by atoms with Crippen LogP contribution in [0.1, 0.15) is 21.5 Å². The van der Waals surface area contributed by atoms with Crippen LogP contribution < -0.4 is 15.8 Å². The SMILES string of the molecule is N=C(N)c1ccc(C(=O)N[C@@H](Cc2ccc(OCC(=O)O)cc2)C(=O)O)cc1. The van der Waals surface area contributed by atoms with Crippen LogP contribution >= 0.6 is 0 Å². The van der Waals surface area contributed by atoms with Gasteiger partial charge in [0.2, 0.25) is 0 Å². The Morgan fingerprint density at radius 2 is 1.57 bits per heavy atom. The van der Waals surface area contributed by atoms with E-state index in [0.29, 0.717) is 16.9 Å². The van der Waals surface area contributed by atoms with Crippen molar-refractivity contribution in [1.29, 1.82) is 5.41 Å². The summed E-state index contributed by atoms with van der Waals surface area (Å²) in [5, 5.41) is 27.8. The molecule has 146 valence electrons. The number of amides is 1. The molecule has 0 aliphatic heterocycles. The van der Waals surface area contributed by atoms with Gasteiger partial charge in [-0.25, -0.2) is 9.59 Å². The molecule has 0 saturated heterocycles. The minimum atomic E-state index is -1.19. The molecule has 0 radical (unpaired) electrons. The molecule has 0 heterocycles. The molecule has 0 unspecified atom stereocenters. The van der Waals surface area contributed by atoms with Crippen LogP contribution in [-0.4, -0.2) is 46.5 Å². The van der Waals surface area contributed by atoms with Crippen LogP contribution in [-0.2, 0) is 16.0 Å². The Hall–Kier alpha value is -3.88. The number of nitrogens with one attached hydrogen (secondary N) is 2. The van der Waals surface area contributed by atoms with Gasteiger partial charge in [0, 0.05) is 17.5 Å². The highest BCUT2D eigenvalue weighted by molar-refractivity contribution is 5.99. The highest BCUT2D eigenvalue weighted by Crippen LogP contribution is 2.14. The maximum Gasteiger partial charge on any atom is 0.341 e. The number of carbonyl (C=O) groups is 3. The van der Waals surface area contributed by atoms with Crippen molar-refractivity contribution < 1.29 is 29.3 Å². The van der Waals surface area contributed by atoms with Crippen LogP contribution in [0.3, 0.4) is 0 Å². The average Bonchev–Trinajstić information content (AvgIpc) is 2.66. The zero-order valence-electron chi connectivity index (χ0n) is 14.7. The third-order valence-electron chi connectivity index (χ3n) is 3.79. The predicted molar refractivity (Wildman–Crippen MR) is 99.6 cm³/mol. The molecule has 2 aromatic carbocycles. The number of carbonyl (C=O) groups excluding carboxylic acids is 1. The number of benzene rings is 2. The Balaban J connectivity index is 2.02. The van der Waals surface area contributed by atoms with Gasteiger partial charge in [-0.1, -0.05) is 24.3 Å². The van der Waals surface area contributed by atoms with Crippen LogP contribution in [0.4, 0.5) is 0 Å². The fourth-order valence-corrected chi connectivity index (χ4v) is 2.35. The minimum Gasteiger partial charge on any atom is -0.482 e. The normalized spacial score (nSPS) is 11.3. The molecule has 0 fully saturated rings. The molecule has 0 spiro atoms. The fourth-order valence-electron chi connectivity index (χ4n) is 2.35. The van der Waals surface area contributed by atoms with E-state index in [1.54, 1.807) is 12.1 Å². The molecule has 1 atom stereocenters. The smallest absolute Gasteiger partial charge is 0.341 e. The molecular formula is C19H19N3O6. The first-order valence-corrected chi connectivity index (χ1v) is 8.18. The lowest BCUT2D eigenvalue weighted by Crippen LogP contribution is -2.42. The quantitative estimate of drug-likeness (QED) is 0.316. The molecule has 0 bridgehead atoms. The van der Waals surface area contributed by atoms with E-state index in [-0.39, 0.29) is 17.8 Å². The Labute approximate surface area is 160 Å². The van der Waals surface area contributed by atoms with Crippen LogP contribution in [0.15, 0.2) is 48.5 Å². The van der Waals surface area contributed by atoms with Gasteiger partial charge in [0.1, 0.15) is 17.6 Å². The van der Waals surface area contributed by atoms with Crippen LogP contribution in [0, 0.1) is 5.41 Å². The van der Waals surface area contributed by atoms with Crippen molar-refractivity contribution in [2.24, 2.45) is 5.73 Å². The molecular weight excluding hydrogens is 366 g/mol. The maximum absolute atomic E-state index is 12.3. The number of carboxylic acid groups (broad SMARTS) is 2. The van der Waals surface area contributed by atoms with Gasteiger partial charge in [-0.3, -0.25) is 10.2 Å². The van der Waals surface area contributed by atoms with Gasteiger partial charge < -0.3 is 26.0 Å². The molecule has 2 rings (SSSR count). The minimum absolute atomic E-state index is 0.0335. The summed E-state index contributed by atoms with van der Waals surface area (Å²) < 4.78 is 5.01. The van der Waals surface area contributed by atoms with E-state index in [2.05, 4.69) is 5.32 Å². The van der Waals surface area contributed by atoms with Crippen molar-refractivity contribution in [3.05, 3.63) is 65.2 Å². The molecule has 1 amide bonds. The fraction of sp³-hybridized carbons (Fsp3) is 0.158. The van der Waals surface area contributed by atoms with Crippen molar-refractivity contribution in [2.75, 3.05) is 6.61 Å². The lowest BCUT2D eigenvalue weighted by Gasteiger charge is -2.15. The number of hydrogen-bond acceptors (Lipinski definition) is 5. The van der Waals surface area contributed by atoms with E-state index in [1.807, 2.05) is 0 Å². The lowest BCUT2D eigenvalue weighted by atomic mass is 10.0. The van der Waals surface area contributed by atoms with Gasteiger partial charge in [0.05, 0.1) is 0 Å². The second-order valence-electron chi connectivity index (χ2n) is 5.89. The Morgan fingerprint density at radius 1 is 1.00 bits per heavy atom. The number of ether oxygens (including phenoxy) is 1. The highest BCUT2D eigenvalue weighted by atomic mass is 16.5. The zero-order valence-corrected chi connectivity index (χ0v) is 14.7. The predicted octanol–water partition coefficient (Wildman–Crippen LogP) is 0.860. The monoisotopic (exact) mass is 385 g/mol. The summed E-state index contributed by atoms with van der Waals surface area (Å²) in [6.45, 7) is -0.477. The van der Waals surface area contributed by atoms with E-state index in [0.717, 1.165) is 0 Å². The summed E-state index contributed by atoms with van der Waals surface area (Å²) in [5.41, 5.74) is 6.68. The zero-order chi connectivity index (χ0) is 20.7. The lowest BCUT2D eigenvalue weighted by molar-refractivity contribution is -0.140. The van der Waals surface area contributed by atoms with Crippen molar-refractivity contribution in [3.63, 3.8) is 0 Å². The van der Waals surface area contributed by atoms with Crippen molar-refractivity contribution in [2.45, 2.75) is 12.5 Å². The van der Waals surface area contributed by atoms with Gasteiger partial charge in [0.15, 0.2) is 6.61 Å². The number of nitrogen functional groups attached to an aromatic ring is 1. The van der Waals surface area contributed by atoms with E-state index in [4.69, 9.17) is 21.0 Å². The standard InChI is InChI=1S/C19H19N3O6/c20-17(21)12-3-5-13(6-4-12)18(25)22-15(19(26)27)9-11-1-7-14(8-2-11)28-10-16(23)24/h1-8,15H,9-10H2,(H3,20,21)(H,22,25)(H,23,24)(H,26,27)/t15-/m0/s1. The first-order valence-electron chi connectivity index (χ1n) is 8.18. The summed E-state index contributed by atoms with van der Waals surface area (Å²) in [6.07, 6.45) is 0.0335. The number of rotatable bonds is 9. The van der Waals surface area contributed by atoms with Gasteiger partial charge in [-0.2, -0.15) is 0 Å². The van der Waals surface area contributed by atoms with Gasteiger partial charge >= 0.3 is 11.9 Å². The molecule has 6 N–H and O–H groups in total. The van der Waals surface area contributed by atoms with Crippen LogP contribution in [0.25, 0.3) is 0 Å². The van der Waals surface area contributed by atoms with Crippen LogP contribution in [0.5, 0.6) is 5.75 Å². The molecule has 2 aromatic rings. The Kier molecular flexibility index (Phi) is 6.69. The Bertz CT molecular complexity index is 878. The number of nitrogens with two attached hydrogens (primary N) is 1. The summed E-state index contributed by atoms with van der Waals surface area (Å²) in [7, 11) is 0. The topological polar surface area (TPSA) is 163 Å². The third-order valence-corrected chi connectivity index (χ3v) is 3.79. The number of carboxylic acids is 2. The molecule has 9 nitrogen and oxygen atoms in total. The molecule has 9 heteroatoms. The van der Waals surface area contributed by atoms with Gasteiger partial charge in [0.25, 0.3) is 5.91 Å². The van der Waals surface area contributed by atoms with E-state index in [1.165, 1.54) is 36.4 Å². The first-order chi connectivity index (χ1) is 13.3. The van der Waals surface area contributed by atoms with E-state index < -0.39 is 30.5 Å². The molecule has 0 aliphatic rings. The van der Waals surface area contributed by atoms with Gasteiger partial charge in [-0.15, -0.1) is 0 Å². The summed E-state index contributed by atoms with van der Waals surface area (Å²) >= 11 is 0. The first kappa shape index (κ1) is 20.4. The average molecular weight is 385 g/mol. The van der Waals surface area contributed by atoms with Crippen molar-refractivity contribution in [1.82, 2.24) is 5.32 Å². The molecule has 28 heavy (non-hydrogen) atoms. The Morgan fingerprint density at radius 3 is 2.07 bits per heavy atom. The highest BCUT2D eigenvalue weighted by Gasteiger charge is 2.21. The van der Waals surface area contributed by atoms with Gasteiger partial charge in [-0.05, 0) is 29.8 Å². The largest absolute Gasteiger partial charge is 0.482 e. The summed E-state index contributed by atoms with van der Waals surface area (Å²) in [5.74, 6) is -2.66. The summed E-state index contributed by atoms with van der Waals surface area (Å²) in [4.78, 5) is 34.3. The second kappa shape index (κ2) is 9.17. The molecule has 0 aliphatic carbocycles. The maximum atomic E-state index is 12.3. The van der Waals surface area contributed by atoms with Crippen molar-refractivity contribution >= 4 is 23.7 Å². The number of aliphatic carboxylic acids is 2. The molecule has 0 aromatic heterocycles. The third kappa shape index (κ3) is 5.84.